The van der Waals surface area contributed by atoms with E-state index in [4.69, 9.17) is 11.6 Å². The lowest BCUT2D eigenvalue weighted by molar-refractivity contribution is -0.119. The second-order valence-corrected chi connectivity index (χ2v) is 8.89. The predicted molar refractivity (Wildman–Crippen MR) is 108 cm³/mol. The zero-order chi connectivity index (χ0) is 19.3. The first-order valence-electron chi connectivity index (χ1n) is 7.88. The van der Waals surface area contributed by atoms with Crippen LogP contribution in [0.4, 0.5) is 11.4 Å². The van der Waals surface area contributed by atoms with Crippen LogP contribution in [0.25, 0.3) is 0 Å². The fourth-order valence-electron chi connectivity index (χ4n) is 2.25. The number of hydrogen-bond donors (Lipinski definition) is 3. The number of nitrogens with one attached hydrogen (secondary N) is 3. The van der Waals surface area contributed by atoms with Crippen molar-refractivity contribution in [2.45, 2.75) is 10.6 Å². The van der Waals surface area contributed by atoms with Gasteiger partial charge in [-0.2, -0.15) is 0 Å². The van der Waals surface area contributed by atoms with Crippen molar-refractivity contribution in [3.63, 3.8) is 0 Å². The molecule has 0 aliphatic carbocycles. The van der Waals surface area contributed by atoms with Gasteiger partial charge in [-0.25, -0.2) is 8.42 Å². The summed E-state index contributed by atoms with van der Waals surface area (Å²) < 4.78 is 27.1. The quantitative estimate of drug-likeness (QED) is 0.505. The minimum atomic E-state index is -3.58. The average molecular weight is 422 g/mol. The van der Waals surface area contributed by atoms with Gasteiger partial charge in [0.1, 0.15) is 4.21 Å². The molecule has 1 amide bonds. The van der Waals surface area contributed by atoms with Crippen LogP contribution in [0.15, 0.2) is 70.3 Å². The maximum atomic E-state index is 12.2. The summed E-state index contributed by atoms with van der Waals surface area (Å²) in [6, 6.07) is 16.8. The Morgan fingerprint density at radius 1 is 1.00 bits per heavy atom. The molecule has 3 N–H and O–H groups in total. The van der Waals surface area contributed by atoms with E-state index >= 15 is 0 Å². The second kappa shape index (κ2) is 8.43. The van der Waals surface area contributed by atoms with E-state index in [0.29, 0.717) is 16.4 Å². The van der Waals surface area contributed by atoms with Crippen molar-refractivity contribution in [3.8, 4) is 0 Å². The average Bonchev–Trinajstić information content (AvgIpc) is 3.17. The Hall–Kier alpha value is -2.55. The first-order chi connectivity index (χ1) is 12.9. The largest absolute Gasteiger partial charge is 0.299 e. The number of sulfonamides is 1. The highest BCUT2D eigenvalue weighted by Gasteiger charge is 2.15. The van der Waals surface area contributed by atoms with E-state index in [9.17, 15) is 13.2 Å². The van der Waals surface area contributed by atoms with Crippen LogP contribution >= 0.6 is 22.9 Å². The highest BCUT2D eigenvalue weighted by atomic mass is 35.5. The Morgan fingerprint density at radius 3 is 2.44 bits per heavy atom. The van der Waals surface area contributed by atoms with Crippen molar-refractivity contribution in [1.29, 1.82) is 0 Å². The Labute approximate surface area is 166 Å². The number of benzene rings is 2. The lowest BCUT2D eigenvalue weighted by Gasteiger charge is -2.10. The molecule has 3 aromatic rings. The summed E-state index contributed by atoms with van der Waals surface area (Å²) in [7, 11) is -3.58. The van der Waals surface area contributed by atoms with E-state index in [2.05, 4.69) is 15.6 Å². The zero-order valence-electron chi connectivity index (χ0n) is 14.0. The predicted octanol–water partition coefficient (Wildman–Crippen LogP) is 3.89. The van der Waals surface area contributed by atoms with E-state index in [1.807, 2.05) is 0 Å². The summed E-state index contributed by atoms with van der Waals surface area (Å²) >= 11 is 7.03. The molecule has 0 aliphatic rings. The maximum Gasteiger partial charge on any atom is 0.271 e. The monoisotopic (exact) mass is 421 g/mol. The fourth-order valence-corrected chi connectivity index (χ4v) is 4.49. The van der Waals surface area contributed by atoms with Crippen molar-refractivity contribution in [2.24, 2.45) is 0 Å². The van der Waals surface area contributed by atoms with Gasteiger partial charge in [-0.1, -0.05) is 35.9 Å². The van der Waals surface area contributed by atoms with Crippen LogP contribution in [-0.4, -0.2) is 14.3 Å². The Balaban J connectivity index is 1.55. The van der Waals surface area contributed by atoms with Crippen molar-refractivity contribution >= 4 is 50.2 Å². The third kappa shape index (κ3) is 5.46. The molecule has 0 saturated carbocycles. The van der Waals surface area contributed by atoms with Gasteiger partial charge >= 0.3 is 0 Å². The van der Waals surface area contributed by atoms with Crippen molar-refractivity contribution in [1.82, 2.24) is 5.43 Å². The molecular formula is C18H16ClN3O3S2. The normalized spacial score (nSPS) is 11.0. The van der Waals surface area contributed by atoms with Gasteiger partial charge in [0.2, 0.25) is 5.91 Å². The molecule has 1 heterocycles. The van der Waals surface area contributed by atoms with Crippen molar-refractivity contribution in [2.75, 3.05) is 10.1 Å². The van der Waals surface area contributed by atoms with Crippen molar-refractivity contribution in [3.05, 3.63) is 76.6 Å². The van der Waals surface area contributed by atoms with E-state index in [0.717, 1.165) is 16.9 Å². The molecule has 1 aromatic heterocycles. The number of rotatable bonds is 7. The summed E-state index contributed by atoms with van der Waals surface area (Å²) in [6.45, 7) is 0. The third-order valence-electron chi connectivity index (χ3n) is 3.50. The molecule has 0 aliphatic heterocycles. The Morgan fingerprint density at radius 2 is 1.78 bits per heavy atom. The van der Waals surface area contributed by atoms with Crippen LogP contribution < -0.4 is 15.6 Å². The smallest absolute Gasteiger partial charge is 0.271 e. The molecule has 9 heteroatoms. The lowest BCUT2D eigenvalue weighted by Crippen LogP contribution is -2.30. The van der Waals surface area contributed by atoms with Gasteiger partial charge in [-0.15, -0.1) is 11.3 Å². The summed E-state index contributed by atoms with van der Waals surface area (Å²) in [5.41, 5.74) is 7.24. The molecule has 0 radical (unpaired) electrons. The molecular weight excluding hydrogens is 406 g/mol. The first kappa shape index (κ1) is 19.2. The summed E-state index contributed by atoms with van der Waals surface area (Å²) in [6.07, 6.45) is 0.144. The molecule has 27 heavy (non-hydrogen) atoms. The van der Waals surface area contributed by atoms with Gasteiger partial charge in [-0.3, -0.25) is 20.4 Å². The summed E-state index contributed by atoms with van der Waals surface area (Å²) in [5, 5.41) is 2.27. The number of carbonyl (C=O) groups excluding carboxylic acids is 1. The fraction of sp³-hybridized carbons (Fsp3) is 0.0556. The molecule has 0 spiro atoms. The first-order valence-corrected chi connectivity index (χ1v) is 10.6. The van der Waals surface area contributed by atoms with E-state index < -0.39 is 10.0 Å². The number of anilines is 2. The molecule has 2 aromatic carbocycles. The molecule has 0 unspecified atom stereocenters. The lowest BCUT2D eigenvalue weighted by atomic mass is 10.1. The molecule has 140 valence electrons. The molecule has 6 nitrogen and oxygen atoms in total. The van der Waals surface area contributed by atoms with Gasteiger partial charge in [0.15, 0.2) is 0 Å². The summed E-state index contributed by atoms with van der Waals surface area (Å²) in [5.74, 6) is -0.234. The molecule has 3 rings (SSSR count). The third-order valence-corrected chi connectivity index (χ3v) is 6.52. The second-order valence-electron chi connectivity index (χ2n) is 5.59. The molecule has 0 saturated heterocycles. The number of halogens is 1. The number of amides is 1. The van der Waals surface area contributed by atoms with Crippen LogP contribution in [-0.2, 0) is 21.2 Å². The van der Waals surface area contributed by atoms with Crippen molar-refractivity contribution < 1.29 is 13.2 Å². The van der Waals surface area contributed by atoms with Crippen LogP contribution in [0.1, 0.15) is 5.56 Å². The Bertz CT molecular complexity index is 1020. The molecule has 0 fully saturated rings. The number of thiophene rings is 1. The highest BCUT2D eigenvalue weighted by molar-refractivity contribution is 7.94. The van der Waals surface area contributed by atoms with Crippen LogP contribution in [0.3, 0.4) is 0 Å². The summed E-state index contributed by atoms with van der Waals surface area (Å²) in [4.78, 5) is 12.0. The van der Waals surface area contributed by atoms with Gasteiger partial charge in [0.05, 0.1) is 12.1 Å². The van der Waals surface area contributed by atoms with Gasteiger partial charge in [0, 0.05) is 10.7 Å². The minimum Gasteiger partial charge on any atom is -0.299 e. The van der Waals surface area contributed by atoms with Gasteiger partial charge in [-0.05, 0) is 47.3 Å². The number of hydrazine groups is 1. The minimum absolute atomic E-state index is 0.144. The maximum absolute atomic E-state index is 12.2. The zero-order valence-corrected chi connectivity index (χ0v) is 16.4. The van der Waals surface area contributed by atoms with E-state index in [-0.39, 0.29) is 16.5 Å². The van der Waals surface area contributed by atoms with Crippen LogP contribution in [0.5, 0.6) is 0 Å². The van der Waals surface area contributed by atoms with Crippen LogP contribution in [0, 0.1) is 0 Å². The molecule has 0 bridgehead atoms. The van der Waals surface area contributed by atoms with Gasteiger partial charge in [0.25, 0.3) is 10.0 Å². The Kier molecular flexibility index (Phi) is 6.00. The molecule has 0 atom stereocenters. The highest BCUT2D eigenvalue weighted by Crippen LogP contribution is 2.20. The van der Waals surface area contributed by atoms with Gasteiger partial charge < -0.3 is 0 Å². The topological polar surface area (TPSA) is 87.3 Å². The van der Waals surface area contributed by atoms with Crippen LogP contribution in [0.2, 0.25) is 5.02 Å². The number of carbonyl (C=O) groups is 1. The SMILES string of the molecule is O=C(Cc1ccc(NS(=O)(=O)c2cccs2)cc1)NNc1cccc(Cl)c1. The number of hydrogen-bond acceptors (Lipinski definition) is 5. The van der Waals surface area contributed by atoms with E-state index in [1.165, 1.54) is 0 Å². The standard InChI is InChI=1S/C18H16ClN3O3S2/c19-14-3-1-4-16(12-14)20-21-17(23)11-13-6-8-15(9-7-13)22-27(24,25)18-5-2-10-26-18/h1-10,12,20,22H,11H2,(H,21,23). The van der Waals surface area contributed by atoms with E-state index in [1.54, 1.807) is 66.0 Å².